The molecule has 1 aliphatic heterocycles. The molecule has 4 aromatic rings. The Morgan fingerprint density at radius 1 is 0.860 bits per heavy atom. The van der Waals surface area contributed by atoms with Gasteiger partial charge in [0.2, 0.25) is 5.91 Å². The summed E-state index contributed by atoms with van der Waals surface area (Å²) in [6, 6.07) is 33.7. The average molecular weight is 678 g/mol. The maximum Gasteiger partial charge on any atom is 0.407 e. The predicted molar refractivity (Wildman–Crippen MR) is 196 cm³/mol. The van der Waals surface area contributed by atoms with Gasteiger partial charge in [0.25, 0.3) is 0 Å². The normalized spacial score (nSPS) is 16.3. The van der Waals surface area contributed by atoms with Crippen molar-refractivity contribution in [3.8, 4) is 0 Å². The Labute approximate surface area is 294 Å². The van der Waals surface area contributed by atoms with Crippen molar-refractivity contribution in [1.82, 2.24) is 10.6 Å². The smallest absolute Gasteiger partial charge is 0.407 e. The lowest BCUT2D eigenvalue weighted by atomic mass is 9.84. The number of amides is 4. The first kappa shape index (κ1) is 36.1. The van der Waals surface area contributed by atoms with Crippen molar-refractivity contribution in [3.05, 3.63) is 131 Å². The number of morpholine rings is 1. The predicted octanol–water partition coefficient (Wildman–Crippen LogP) is 6.01. The maximum atomic E-state index is 14.1. The van der Waals surface area contributed by atoms with Gasteiger partial charge in [-0.1, -0.05) is 97.1 Å². The van der Waals surface area contributed by atoms with Gasteiger partial charge in [-0.2, -0.15) is 0 Å². The summed E-state index contributed by atoms with van der Waals surface area (Å²) in [5.74, 6) is -0.807. The number of alkyl carbamates (subject to hydrolysis) is 1. The highest BCUT2D eigenvalue weighted by molar-refractivity contribution is 5.98. The van der Waals surface area contributed by atoms with Crippen LogP contribution in [0.2, 0.25) is 0 Å². The van der Waals surface area contributed by atoms with Crippen molar-refractivity contribution in [1.29, 1.82) is 0 Å². The van der Waals surface area contributed by atoms with Gasteiger partial charge in [0.15, 0.2) is 0 Å². The minimum Gasteiger partial charge on any atom is -0.453 e. The van der Waals surface area contributed by atoms with E-state index in [9.17, 15) is 14.4 Å². The van der Waals surface area contributed by atoms with Crippen molar-refractivity contribution in [3.63, 3.8) is 0 Å². The second-order valence-corrected chi connectivity index (χ2v) is 12.4. The fraction of sp³-hybridized carbons (Fsp3) is 0.325. The number of ether oxygens (including phenoxy) is 2. The van der Waals surface area contributed by atoms with E-state index in [1.807, 2.05) is 116 Å². The molecule has 1 fully saturated rings. The third kappa shape index (κ3) is 9.49. The zero-order chi connectivity index (χ0) is 35.3. The zero-order valence-electron chi connectivity index (χ0n) is 28.7. The number of hydrogen-bond donors (Lipinski definition) is 4. The van der Waals surface area contributed by atoms with Gasteiger partial charge < -0.3 is 31.2 Å². The van der Waals surface area contributed by atoms with Crippen molar-refractivity contribution >= 4 is 29.4 Å². The number of anilines is 2. The second-order valence-electron chi connectivity index (χ2n) is 12.4. The van der Waals surface area contributed by atoms with E-state index in [1.165, 1.54) is 7.11 Å². The largest absolute Gasteiger partial charge is 0.453 e. The minimum absolute atomic E-state index is 0.0158. The quantitative estimate of drug-likeness (QED) is 0.129. The summed E-state index contributed by atoms with van der Waals surface area (Å²) in [5, 5.41) is 9.55. The van der Waals surface area contributed by atoms with Gasteiger partial charge in [0.05, 0.1) is 19.8 Å². The summed E-state index contributed by atoms with van der Waals surface area (Å²) >= 11 is 0. The molecule has 0 saturated carbocycles. The van der Waals surface area contributed by atoms with Gasteiger partial charge in [0.1, 0.15) is 6.04 Å². The molecule has 50 heavy (non-hydrogen) atoms. The van der Waals surface area contributed by atoms with Crippen LogP contribution in [0.25, 0.3) is 0 Å². The average Bonchev–Trinajstić information content (AvgIpc) is 3.15. The van der Waals surface area contributed by atoms with Crippen molar-refractivity contribution < 1.29 is 23.9 Å². The molecule has 10 nitrogen and oxygen atoms in total. The Hall–Kier alpha value is -5.19. The van der Waals surface area contributed by atoms with Crippen LogP contribution < -0.4 is 26.6 Å². The molecule has 5 N–H and O–H groups in total. The molecule has 1 aliphatic rings. The number of nitrogens with zero attached hydrogens (tertiary/aromatic N) is 1. The number of primary amides is 1. The van der Waals surface area contributed by atoms with E-state index >= 15 is 0 Å². The Kier molecular flexibility index (Phi) is 13.0. The van der Waals surface area contributed by atoms with E-state index in [4.69, 9.17) is 15.2 Å². The Bertz CT molecular complexity index is 1660. The number of benzene rings is 4. The van der Waals surface area contributed by atoms with Crippen LogP contribution in [0.1, 0.15) is 47.9 Å². The van der Waals surface area contributed by atoms with E-state index < -0.39 is 24.1 Å². The lowest BCUT2D eigenvalue weighted by molar-refractivity contribution is -0.118. The summed E-state index contributed by atoms with van der Waals surface area (Å²) in [4.78, 5) is 40.2. The molecule has 4 amide bonds. The van der Waals surface area contributed by atoms with Gasteiger partial charge in [-0.05, 0) is 67.0 Å². The molecule has 0 unspecified atom stereocenters. The van der Waals surface area contributed by atoms with Crippen molar-refractivity contribution in [2.24, 2.45) is 5.73 Å². The van der Waals surface area contributed by atoms with Crippen LogP contribution in [-0.2, 0) is 27.1 Å². The first-order chi connectivity index (χ1) is 24.4. The summed E-state index contributed by atoms with van der Waals surface area (Å²) < 4.78 is 11.2. The number of nitrogens with two attached hydrogens (primary N) is 1. The first-order valence-electron chi connectivity index (χ1n) is 17.2. The van der Waals surface area contributed by atoms with Crippen LogP contribution in [0.4, 0.5) is 21.0 Å². The van der Waals surface area contributed by atoms with E-state index in [0.717, 1.165) is 47.2 Å². The number of urea groups is 1. The van der Waals surface area contributed by atoms with Crippen LogP contribution in [0.3, 0.4) is 0 Å². The maximum absolute atomic E-state index is 14.1. The summed E-state index contributed by atoms with van der Waals surface area (Å²) in [6.07, 6.45) is 2.44. The van der Waals surface area contributed by atoms with Crippen molar-refractivity contribution in [2.75, 3.05) is 37.0 Å². The fourth-order valence-corrected chi connectivity index (χ4v) is 6.57. The summed E-state index contributed by atoms with van der Waals surface area (Å²) in [6.45, 7) is 3.72. The Morgan fingerprint density at radius 3 is 2.06 bits per heavy atom. The molecule has 0 spiro atoms. The number of para-hydroxylation sites is 2. The lowest BCUT2D eigenvalue weighted by Crippen LogP contribution is -2.48. The number of carbonyl (C=O) groups is 3. The molecule has 5 rings (SSSR count). The monoisotopic (exact) mass is 677 g/mol. The number of carbonyl (C=O) groups excluding carboxylic acids is 3. The summed E-state index contributed by atoms with van der Waals surface area (Å²) in [5.41, 5.74) is 11.0. The van der Waals surface area contributed by atoms with E-state index in [0.29, 0.717) is 31.8 Å². The van der Waals surface area contributed by atoms with Crippen LogP contribution in [0, 0.1) is 0 Å². The topological polar surface area (TPSA) is 135 Å². The molecule has 0 aliphatic carbocycles. The Balaban J connectivity index is 1.21. The third-order valence-corrected chi connectivity index (χ3v) is 9.20. The van der Waals surface area contributed by atoms with Crippen LogP contribution in [0.15, 0.2) is 109 Å². The standard InChI is InChI=1S/C40H47N5O5/c1-3-45(39(41)47)35-21-13-11-15-29(35)22-24-32-27-50-33(26-42-32)25-23-28-14-10-12-20-34(28)43-38(46)37(44-40(48)49-2)36(30-16-6-4-7-17-30)31-18-8-5-9-19-31/h4-21,32-33,36-37,42H,3,22-27H2,1-2H3,(H2,41,47)(H,43,46)(H,44,48)/t32-,33-,37+/m1/s1. The van der Waals surface area contributed by atoms with Crippen LogP contribution >= 0.6 is 0 Å². The Morgan fingerprint density at radius 2 is 1.46 bits per heavy atom. The van der Waals surface area contributed by atoms with Crippen molar-refractivity contribution in [2.45, 2.75) is 56.7 Å². The number of aryl methyl sites for hydroxylation is 2. The fourth-order valence-electron chi connectivity index (χ4n) is 6.57. The molecule has 0 aromatic heterocycles. The molecule has 4 aromatic carbocycles. The summed E-state index contributed by atoms with van der Waals surface area (Å²) in [7, 11) is 1.29. The molecule has 1 heterocycles. The minimum atomic E-state index is -0.948. The first-order valence-corrected chi connectivity index (χ1v) is 17.2. The molecule has 0 bridgehead atoms. The number of rotatable bonds is 14. The number of hydrogen-bond acceptors (Lipinski definition) is 6. The van der Waals surface area contributed by atoms with E-state index in [2.05, 4.69) is 16.0 Å². The molecule has 3 atom stereocenters. The van der Waals surface area contributed by atoms with E-state index in [-0.39, 0.29) is 18.1 Å². The SMILES string of the molecule is CCN(C(N)=O)c1ccccc1CC[C@@H]1CO[C@H](CCc2ccccc2NC(=O)[C@@H](NC(=O)OC)C(c2ccccc2)c2ccccc2)CN1. The zero-order valence-corrected chi connectivity index (χ0v) is 28.7. The highest BCUT2D eigenvalue weighted by Gasteiger charge is 2.33. The highest BCUT2D eigenvalue weighted by Crippen LogP contribution is 2.30. The molecule has 0 radical (unpaired) electrons. The number of nitrogens with one attached hydrogen (secondary N) is 3. The molecule has 1 saturated heterocycles. The lowest BCUT2D eigenvalue weighted by Gasteiger charge is -2.31. The van der Waals surface area contributed by atoms with Gasteiger partial charge in [0, 0.05) is 36.4 Å². The molecule has 10 heteroatoms. The highest BCUT2D eigenvalue weighted by atomic mass is 16.5. The third-order valence-electron chi connectivity index (χ3n) is 9.20. The molecule has 262 valence electrons. The van der Waals surface area contributed by atoms with Gasteiger partial charge in [-0.15, -0.1) is 0 Å². The number of methoxy groups -OCH3 is 1. The van der Waals surface area contributed by atoms with Crippen LogP contribution in [0.5, 0.6) is 0 Å². The van der Waals surface area contributed by atoms with E-state index in [1.54, 1.807) is 4.90 Å². The van der Waals surface area contributed by atoms with Gasteiger partial charge in [-0.25, -0.2) is 9.59 Å². The molecular formula is C40H47N5O5. The van der Waals surface area contributed by atoms with Crippen LogP contribution in [-0.4, -0.2) is 63.0 Å². The molecular weight excluding hydrogens is 630 g/mol. The van der Waals surface area contributed by atoms with Gasteiger partial charge in [-0.3, -0.25) is 9.69 Å². The second kappa shape index (κ2) is 18.0. The van der Waals surface area contributed by atoms with Gasteiger partial charge >= 0.3 is 12.1 Å².